The van der Waals surface area contributed by atoms with E-state index in [0.29, 0.717) is 23.9 Å². The molecule has 1 N–H and O–H groups in total. The van der Waals surface area contributed by atoms with Gasteiger partial charge in [0.25, 0.3) is 10.0 Å². The highest BCUT2D eigenvalue weighted by Gasteiger charge is 2.28. The second kappa shape index (κ2) is 11.8. The minimum atomic E-state index is -4.16. The molecule has 1 atom stereocenters. The Balaban J connectivity index is 1.86. The Morgan fingerprint density at radius 2 is 1.61 bits per heavy atom. The van der Waals surface area contributed by atoms with Crippen molar-refractivity contribution in [2.24, 2.45) is 0 Å². The molecule has 192 valence electrons. The second-order valence-electron chi connectivity index (χ2n) is 7.80. The molecule has 0 unspecified atom stereocenters. The number of nitrogens with one attached hydrogen (secondary N) is 1. The van der Waals surface area contributed by atoms with Crippen LogP contribution in [0, 0.1) is 5.82 Å². The van der Waals surface area contributed by atoms with Crippen molar-refractivity contribution in [3.63, 3.8) is 0 Å². The number of halogens is 1. The summed E-state index contributed by atoms with van der Waals surface area (Å²) in [5, 5.41) is 2.81. The minimum absolute atomic E-state index is 0.0315. The predicted octanol–water partition coefficient (Wildman–Crippen LogP) is 4.31. The van der Waals surface area contributed by atoms with Crippen molar-refractivity contribution in [3.8, 4) is 17.2 Å². The smallest absolute Gasteiger partial charge is 0.264 e. The molecule has 0 saturated carbocycles. The van der Waals surface area contributed by atoms with Crippen LogP contribution >= 0.6 is 0 Å². The fourth-order valence-corrected chi connectivity index (χ4v) is 4.97. The van der Waals surface area contributed by atoms with E-state index < -0.39 is 34.3 Å². The lowest BCUT2D eigenvalue weighted by Gasteiger charge is -2.25. The summed E-state index contributed by atoms with van der Waals surface area (Å²) in [6, 6.07) is 15.6. The number of carbonyl (C=O) groups excluding carboxylic acids is 1. The number of hydrogen-bond donors (Lipinski definition) is 1. The number of rotatable bonds is 11. The van der Waals surface area contributed by atoms with Gasteiger partial charge in [-0.3, -0.25) is 9.10 Å². The van der Waals surface area contributed by atoms with Crippen molar-refractivity contribution in [2.75, 3.05) is 31.7 Å². The van der Waals surface area contributed by atoms with Gasteiger partial charge in [-0.2, -0.15) is 0 Å². The van der Waals surface area contributed by atoms with Gasteiger partial charge in [0.15, 0.2) is 11.5 Å². The fourth-order valence-electron chi connectivity index (χ4n) is 3.55. The summed E-state index contributed by atoms with van der Waals surface area (Å²) in [5.74, 6) is 0.497. The summed E-state index contributed by atoms with van der Waals surface area (Å²) >= 11 is 0. The van der Waals surface area contributed by atoms with E-state index in [4.69, 9.17) is 14.2 Å². The van der Waals surface area contributed by atoms with Crippen LogP contribution in [0.1, 0.15) is 25.5 Å². The molecule has 8 nitrogen and oxygen atoms in total. The summed E-state index contributed by atoms with van der Waals surface area (Å²) in [4.78, 5) is 13.0. The average molecular weight is 517 g/mol. The summed E-state index contributed by atoms with van der Waals surface area (Å²) in [7, 11) is -1.12. The van der Waals surface area contributed by atoms with Crippen LogP contribution in [-0.2, 0) is 14.8 Å². The van der Waals surface area contributed by atoms with Crippen molar-refractivity contribution >= 4 is 21.6 Å². The lowest BCUT2D eigenvalue weighted by atomic mass is 10.1. The van der Waals surface area contributed by atoms with Crippen molar-refractivity contribution in [1.29, 1.82) is 0 Å². The minimum Gasteiger partial charge on any atom is -0.494 e. The van der Waals surface area contributed by atoms with Crippen molar-refractivity contribution in [3.05, 3.63) is 78.1 Å². The van der Waals surface area contributed by atoms with Crippen LogP contribution in [0.25, 0.3) is 0 Å². The van der Waals surface area contributed by atoms with Crippen LogP contribution < -0.4 is 23.8 Å². The van der Waals surface area contributed by atoms with Gasteiger partial charge in [-0.15, -0.1) is 0 Å². The maximum absolute atomic E-state index is 13.5. The van der Waals surface area contributed by atoms with Gasteiger partial charge in [0.2, 0.25) is 5.91 Å². The van der Waals surface area contributed by atoms with Gasteiger partial charge in [-0.25, -0.2) is 12.8 Å². The summed E-state index contributed by atoms with van der Waals surface area (Å²) in [6.07, 6.45) is 0. The van der Waals surface area contributed by atoms with Gasteiger partial charge < -0.3 is 19.5 Å². The molecule has 0 spiro atoms. The maximum atomic E-state index is 13.5. The molecule has 0 bridgehead atoms. The number of amides is 1. The molecule has 0 heterocycles. The molecule has 0 fully saturated rings. The third kappa shape index (κ3) is 6.25. The Hall–Kier alpha value is -3.79. The second-order valence-corrected chi connectivity index (χ2v) is 9.66. The van der Waals surface area contributed by atoms with Crippen LogP contribution in [0.3, 0.4) is 0 Å². The number of carbonyl (C=O) groups is 1. The standard InChI is InChI=1S/C26H29FN2O6S/c1-5-35-22-11-13-23(14-12-22)36(31,32)29(21-9-7-20(27)8-10-21)17-26(30)28-18(2)19-6-15-24(33-3)25(16-19)34-4/h6-16,18H,5,17H2,1-4H3,(H,28,30)/t18-/m0/s1. The monoisotopic (exact) mass is 516 g/mol. The van der Waals surface area contributed by atoms with Crippen molar-refractivity contribution in [2.45, 2.75) is 24.8 Å². The Labute approximate surface area is 210 Å². The molecule has 3 aromatic rings. The lowest BCUT2D eigenvalue weighted by Crippen LogP contribution is -2.41. The number of benzene rings is 3. The first-order valence-electron chi connectivity index (χ1n) is 11.2. The summed E-state index contributed by atoms with van der Waals surface area (Å²) in [5.41, 5.74) is 0.892. The molecule has 3 rings (SSSR count). The van der Waals surface area contributed by atoms with Gasteiger partial charge >= 0.3 is 0 Å². The SMILES string of the molecule is CCOc1ccc(S(=O)(=O)N(CC(=O)N[C@@H](C)c2ccc(OC)c(OC)c2)c2ccc(F)cc2)cc1. The van der Waals surface area contributed by atoms with E-state index in [1.807, 2.05) is 6.92 Å². The van der Waals surface area contributed by atoms with Crippen molar-refractivity contribution < 1.29 is 31.8 Å². The van der Waals surface area contributed by atoms with E-state index in [9.17, 15) is 17.6 Å². The lowest BCUT2D eigenvalue weighted by molar-refractivity contribution is -0.120. The Bertz CT molecular complexity index is 1280. The quantitative estimate of drug-likeness (QED) is 0.408. The molecule has 3 aromatic carbocycles. The summed E-state index contributed by atoms with van der Waals surface area (Å²) < 4.78 is 57.5. The maximum Gasteiger partial charge on any atom is 0.264 e. The van der Waals surface area contributed by atoms with Gasteiger partial charge in [0.1, 0.15) is 18.1 Å². The molecule has 0 saturated heterocycles. The Morgan fingerprint density at radius 3 is 2.19 bits per heavy atom. The molecule has 0 radical (unpaired) electrons. The zero-order valence-electron chi connectivity index (χ0n) is 20.5. The van der Waals surface area contributed by atoms with E-state index in [1.54, 1.807) is 37.3 Å². The molecule has 0 aliphatic carbocycles. The number of ether oxygens (including phenoxy) is 3. The first-order chi connectivity index (χ1) is 17.2. The van der Waals surface area contributed by atoms with Gasteiger partial charge in [0.05, 0.1) is 37.5 Å². The number of methoxy groups -OCH3 is 2. The highest BCUT2D eigenvalue weighted by Crippen LogP contribution is 2.30. The Morgan fingerprint density at radius 1 is 0.972 bits per heavy atom. The van der Waals surface area contributed by atoms with Crippen LogP contribution in [0.5, 0.6) is 17.2 Å². The normalized spacial score (nSPS) is 11.9. The van der Waals surface area contributed by atoms with Crippen LogP contribution in [-0.4, -0.2) is 41.7 Å². The van der Waals surface area contributed by atoms with E-state index in [2.05, 4.69) is 5.32 Å². The number of hydrogen-bond acceptors (Lipinski definition) is 6. The molecular formula is C26H29FN2O6S. The molecular weight excluding hydrogens is 487 g/mol. The highest BCUT2D eigenvalue weighted by molar-refractivity contribution is 7.92. The van der Waals surface area contributed by atoms with E-state index >= 15 is 0 Å². The molecule has 0 aliphatic rings. The number of sulfonamides is 1. The zero-order valence-corrected chi connectivity index (χ0v) is 21.3. The third-order valence-corrected chi connectivity index (χ3v) is 7.20. The molecule has 1 amide bonds. The number of nitrogens with zero attached hydrogens (tertiary/aromatic N) is 1. The average Bonchev–Trinajstić information content (AvgIpc) is 2.88. The molecule has 0 aromatic heterocycles. The molecule has 36 heavy (non-hydrogen) atoms. The third-order valence-electron chi connectivity index (χ3n) is 5.41. The van der Waals surface area contributed by atoms with E-state index in [-0.39, 0.29) is 10.6 Å². The fraction of sp³-hybridized carbons (Fsp3) is 0.269. The van der Waals surface area contributed by atoms with Gasteiger partial charge in [-0.1, -0.05) is 6.07 Å². The van der Waals surface area contributed by atoms with Crippen LogP contribution in [0.2, 0.25) is 0 Å². The van der Waals surface area contributed by atoms with Crippen LogP contribution in [0.4, 0.5) is 10.1 Å². The largest absolute Gasteiger partial charge is 0.494 e. The molecule has 10 heteroatoms. The number of anilines is 1. The topological polar surface area (TPSA) is 94.2 Å². The molecule has 0 aliphatic heterocycles. The summed E-state index contributed by atoms with van der Waals surface area (Å²) in [6.45, 7) is 3.51. The van der Waals surface area contributed by atoms with Crippen LogP contribution in [0.15, 0.2) is 71.6 Å². The first kappa shape index (κ1) is 26.8. The highest BCUT2D eigenvalue weighted by atomic mass is 32.2. The van der Waals surface area contributed by atoms with Gasteiger partial charge in [-0.05, 0) is 80.1 Å². The zero-order chi connectivity index (χ0) is 26.3. The van der Waals surface area contributed by atoms with E-state index in [0.717, 1.165) is 22.0 Å². The first-order valence-corrected chi connectivity index (χ1v) is 12.7. The Kier molecular flexibility index (Phi) is 8.76. The van der Waals surface area contributed by atoms with Crippen molar-refractivity contribution in [1.82, 2.24) is 5.32 Å². The van der Waals surface area contributed by atoms with E-state index in [1.165, 1.54) is 38.5 Å². The predicted molar refractivity (Wildman–Crippen MR) is 135 cm³/mol. The van der Waals surface area contributed by atoms with Gasteiger partial charge in [0, 0.05) is 0 Å².